The minimum absolute atomic E-state index is 0.304. The molecule has 0 unspecified atom stereocenters. The van der Waals surface area contributed by atoms with Crippen molar-refractivity contribution in [2.45, 2.75) is 0 Å². The van der Waals surface area contributed by atoms with Crippen LogP contribution >= 0.6 is 27.5 Å². The number of nitrogens with one attached hydrogen (secondary N) is 1. The third kappa shape index (κ3) is 2.71. The van der Waals surface area contributed by atoms with Crippen LogP contribution in [0.3, 0.4) is 0 Å². The molecular weight excluding hydrogens is 294 g/mol. The molecule has 16 heavy (non-hydrogen) atoms. The molecule has 2 aromatic rings. The third-order valence-corrected chi connectivity index (χ3v) is 2.58. The molecule has 0 radical (unpaired) electrons. The monoisotopic (exact) mass is 300 g/mol. The Hall–Kier alpha value is -1.13. The summed E-state index contributed by atoms with van der Waals surface area (Å²) < 4.78 is 14.1. The normalized spacial score (nSPS) is 10.2. The Morgan fingerprint density at radius 2 is 2.06 bits per heavy atom. The van der Waals surface area contributed by atoms with Crippen molar-refractivity contribution in [1.29, 1.82) is 0 Å². The second-order valence-corrected chi connectivity index (χ2v) is 4.34. The standard InChI is InChI=1S/C11H7BrClFN2/c12-10-2-1-3-11(16-10)15-9-6-7(13)4-5-8(9)14/h1-6H,(H,15,16). The molecule has 1 aromatic heterocycles. The summed E-state index contributed by atoms with van der Waals surface area (Å²) in [6, 6.07) is 9.66. The number of aromatic nitrogens is 1. The molecule has 0 atom stereocenters. The molecule has 2 rings (SSSR count). The van der Waals surface area contributed by atoms with Crippen molar-refractivity contribution >= 4 is 39.0 Å². The van der Waals surface area contributed by atoms with Gasteiger partial charge in [0, 0.05) is 5.02 Å². The quantitative estimate of drug-likeness (QED) is 0.833. The molecule has 0 aliphatic rings. The van der Waals surface area contributed by atoms with E-state index in [2.05, 4.69) is 26.2 Å². The van der Waals surface area contributed by atoms with Gasteiger partial charge in [-0.05, 0) is 46.3 Å². The highest BCUT2D eigenvalue weighted by atomic mass is 79.9. The van der Waals surface area contributed by atoms with Crippen molar-refractivity contribution in [2.75, 3.05) is 5.32 Å². The minimum atomic E-state index is -0.369. The molecule has 1 aromatic carbocycles. The molecular formula is C11H7BrClFN2. The lowest BCUT2D eigenvalue weighted by molar-refractivity contribution is 0.632. The van der Waals surface area contributed by atoms with Crippen LogP contribution in [0, 0.1) is 5.82 Å². The number of nitrogens with zero attached hydrogens (tertiary/aromatic N) is 1. The SMILES string of the molecule is Fc1ccc(Cl)cc1Nc1cccc(Br)n1. The average molecular weight is 302 g/mol. The van der Waals surface area contributed by atoms with Gasteiger partial charge in [0.2, 0.25) is 0 Å². The van der Waals surface area contributed by atoms with E-state index in [1.54, 1.807) is 12.1 Å². The van der Waals surface area contributed by atoms with Crippen LogP contribution in [0.25, 0.3) is 0 Å². The number of rotatable bonds is 2. The Bertz CT molecular complexity index is 519. The topological polar surface area (TPSA) is 24.9 Å². The van der Waals surface area contributed by atoms with Crippen molar-refractivity contribution in [3.05, 3.63) is 51.8 Å². The largest absolute Gasteiger partial charge is 0.338 e. The van der Waals surface area contributed by atoms with Crippen molar-refractivity contribution in [3.63, 3.8) is 0 Å². The Morgan fingerprint density at radius 1 is 1.25 bits per heavy atom. The van der Waals surface area contributed by atoms with Crippen LogP contribution in [0.5, 0.6) is 0 Å². The summed E-state index contributed by atoms with van der Waals surface area (Å²) in [5, 5.41) is 3.32. The predicted molar refractivity (Wildman–Crippen MR) is 66.6 cm³/mol. The van der Waals surface area contributed by atoms with Crippen LogP contribution in [0.15, 0.2) is 41.0 Å². The first-order chi connectivity index (χ1) is 7.65. The van der Waals surface area contributed by atoms with Gasteiger partial charge in [0.15, 0.2) is 0 Å². The first-order valence-electron chi connectivity index (χ1n) is 4.50. The highest BCUT2D eigenvalue weighted by molar-refractivity contribution is 9.10. The van der Waals surface area contributed by atoms with Crippen molar-refractivity contribution < 1.29 is 4.39 Å². The lowest BCUT2D eigenvalue weighted by Crippen LogP contribution is -1.96. The molecule has 2 nitrogen and oxygen atoms in total. The van der Waals surface area contributed by atoms with E-state index in [0.29, 0.717) is 21.1 Å². The van der Waals surface area contributed by atoms with E-state index in [1.165, 1.54) is 18.2 Å². The maximum absolute atomic E-state index is 13.4. The Labute approximate surface area is 106 Å². The van der Waals surface area contributed by atoms with Crippen LogP contribution in [0.4, 0.5) is 15.9 Å². The van der Waals surface area contributed by atoms with Gasteiger partial charge < -0.3 is 5.32 Å². The zero-order valence-electron chi connectivity index (χ0n) is 8.05. The second kappa shape index (κ2) is 4.80. The molecule has 5 heteroatoms. The zero-order valence-corrected chi connectivity index (χ0v) is 10.4. The summed E-state index contributed by atoms with van der Waals surface area (Å²) in [5.41, 5.74) is 0.304. The van der Waals surface area contributed by atoms with Crippen LogP contribution in [-0.2, 0) is 0 Å². The van der Waals surface area contributed by atoms with Gasteiger partial charge in [-0.3, -0.25) is 0 Å². The molecule has 1 N–H and O–H groups in total. The first kappa shape index (κ1) is 11.4. The van der Waals surface area contributed by atoms with Gasteiger partial charge in [0.05, 0.1) is 5.69 Å². The summed E-state index contributed by atoms with van der Waals surface area (Å²) in [4.78, 5) is 4.14. The highest BCUT2D eigenvalue weighted by Crippen LogP contribution is 2.23. The second-order valence-electron chi connectivity index (χ2n) is 3.09. The Morgan fingerprint density at radius 3 is 2.81 bits per heavy atom. The molecule has 0 saturated heterocycles. The van der Waals surface area contributed by atoms with Crippen molar-refractivity contribution in [3.8, 4) is 0 Å². The Kier molecular flexibility index (Phi) is 3.41. The van der Waals surface area contributed by atoms with E-state index >= 15 is 0 Å². The maximum atomic E-state index is 13.4. The minimum Gasteiger partial charge on any atom is -0.338 e. The Balaban J connectivity index is 2.30. The molecule has 0 aliphatic heterocycles. The molecule has 0 amide bonds. The number of hydrogen-bond acceptors (Lipinski definition) is 2. The predicted octanol–water partition coefficient (Wildman–Crippen LogP) is 4.38. The zero-order chi connectivity index (χ0) is 11.5. The molecule has 0 saturated carbocycles. The number of anilines is 2. The number of pyridine rings is 1. The lowest BCUT2D eigenvalue weighted by Gasteiger charge is -2.07. The number of hydrogen-bond donors (Lipinski definition) is 1. The molecule has 1 heterocycles. The fourth-order valence-electron chi connectivity index (χ4n) is 1.21. The van der Waals surface area contributed by atoms with E-state index in [1.807, 2.05) is 6.07 Å². The molecule has 82 valence electrons. The van der Waals surface area contributed by atoms with Gasteiger partial charge >= 0.3 is 0 Å². The molecule has 0 spiro atoms. The lowest BCUT2D eigenvalue weighted by atomic mass is 10.3. The van der Waals surface area contributed by atoms with Crippen molar-refractivity contribution in [2.24, 2.45) is 0 Å². The summed E-state index contributed by atoms with van der Waals surface area (Å²) >= 11 is 9.02. The fraction of sp³-hybridized carbons (Fsp3) is 0. The summed E-state index contributed by atoms with van der Waals surface area (Å²) in [6.45, 7) is 0. The molecule has 0 bridgehead atoms. The van der Waals surface area contributed by atoms with Crippen LogP contribution in [0.2, 0.25) is 5.02 Å². The van der Waals surface area contributed by atoms with E-state index in [4.69, 9.17) is 11.6 Å². The van der Waals surface area contributed by atoms with Gasteiger partial charge in [-0.15, -0.1) is 0 Å². The van der Waals surface area contributed by atoms with Gasteiger partial charge in [-0.25, -0.2) is 9.37 Å². The van der Waals surface area contributed by atoms with Crippen LogP contribution < -0.4 is 5.32 Å². The van der Waals surface area contributed by atoms with Gasteiger partial charge in [0.25, 0.3) is 0 Å². The molecule has 0 fully saturated rings. The van der Waals surface area contributed by atoms with E-state index < -0.39 is 0 Å². The number of benzene rings is 1. The smallest absolute Gasteiger partial charge is 0.146 e. The maximum Gasteiger partial charge on any atom is 0.146 e. The summed E-state index contributed by atoms with van der Waals surface area (Å²) in [5.74, 6) is 0.182. The third-order valence-electron chi connectivity index (χ3n) is 1.91. The van der Waals surface area contributed by atoms with Gasteiger partial charge in [0.1, 0.15) is 16.2 Å². The summed E-state index contributed by atoms with van der Waals surface area (Å²) in [6.07, 6.45) is 0. The van der Waals surface area contributed by atoms with Gasteiger partial charge in [-0.2, -0.15) is 0 Å². The molecule has 0 aliphatic carbocycles. The fourth-order valence-corrected chi connectivity index (χ4v) is 1.72. The van der Waals surface area contributed by atoms with Crippen LogP contribution in [0.1, 0.15) is 0 Å². The average Bonchev–Trinajstić information content (AvgIpc) is 2.24. The van der Waals surface area contributed by atoms with E-state index in [9.17, 15) is 4.39 Å². The van der Waals surface area contributed by atoms with Crippen LogP contribution in [-0.4, -0.2) is 4.98 Å². The first-order valence-corrected chi connectivity index (χ1v) is 5.67. The van der Waals surface area contributed by atoms with E-state index in [0.717, 1.165) is 0 Å². The van der Waals surface area contributed by atoms with Gasteiger partial charge in [-0.1, -0.05) is 17.7 Å². The van der Waals surface area contributed by atoms with Crippen molar-refractivity contribution in [1.82, 2.24) is 4.98 Å². The number of halogens is 3. The highest BCUT2D eigenvalue weighted by Gasteiger charge is 2.04. The summed E-state index contributed by atoms with van der Waals surface area (Å²) in [7, 11) is 0. The van der Waals surface area contributed by atoms with E-state index in [-0.39, 0.29) is 5.82 Å².